The molecule has 1 aromatic carbocycles. The molecule has 2 heterocycles. The summed E-state index contributed by atoms with van der Waals surface area (Å²) < 4.78 is 0. The molecule has 0 spiro atoms. The molecule has 2 aliphatic rings. The zero-order valence-electron chi connectivity index (χ0n) is 15.3. The first-order valence-electron chi connectivity index (χ1n) is 9.32. The Morgan fingerprint density at radius 1 is 1.12 bits per heavy atom. The lowest BCUT2D eigenvalue weighted by molar-refractivity contribution is -0.903. The Morgan fingerprint density at radius 2 is 1.81 bits per heavy atom. The quantitative estimate of drug-likeness (QED) is 0.770. The fourth-order valence-electron chi connectivity index (χ4n) is 3.55. The van der Waals surface area contributed by atoms with Crippen LogP contribution in [0, 0.1) is 0 Å². The van der Waals surface area contributed by atoms with Crippen LogP contribution in [0.2, 0.25) is 0 Å². The maximum absolute atomic E-state index is 12.2. The van der Waals surface area contributed by atoms with Crippen molar-refractivity contribution in [3.05, 3.63) is 24.3 Å². The molecule has 3 rings (SSSR count). The molecule has 7 heteroatoms. The average molecular weight is 359 g/mol. The summed E-state index contributed by atoms with van der Waals surface area (Å²) in [6.45, 7) is 6.47. The van der Waals surface area contributed by atoms with Crippen LogP contribution in [0.15, 0.2) is 24.3 Å². The lowest BCUT2D eigenvalue weighted by Crippen LogP contribution is -3.15. The Balaban J connectivity index is 1.42. The van der Waals surface area contributed by atoms with E-state index in [4.69, 9.17) is 0 Å². The van der Waals surface area contributed by atoms with Crippen molar-refractivity contribution >= 4 is 29.1 Å². The highest BCUT2D eigenvalue weighted by atomic mass is 16.2. The van der Waals surface area contributed by atoms with Crippen LogP contribution in [-0.4, -0.2) is 61.9 Å². The number of hydrogen-bond donors (Lipinski definition) is 2. The Hall–Kier alpha value is -2.41. The maximum Gasteiger partial charge on any atom is 0.230 e. The van der Waals surface area contributed by atoms with Gasteiger partial charge in [-0.1, -0.05) is 0 Å². The number of hydrogen-bond acceptors (Lipinski definition) is 3. The van der Waals surface area contributed by atoms with Gasteiger partial charge in [0.2, 0.25) is 17.7 Å². The van der Waals surface area contributed by atoms with E-state index in [1.807, 2.05) is 29.2 Å². The van der Waals surface area contributed by atoms with Crippen molar-refractivity contribution in [2.24, 2.45) is 0 Å². The van der Waals surface area contributed by atoms with E-state index in [9.17, 15) is 14.4 Å². The van der Waals surface area contributed by atoms with Gasteiger partial charge in [0.1, 0.15) is 0 Å². The van der Waals surface area contributed by atoms with Crippen molar-refractivity contribution in [1.29, 1.82) is 0 Å². The molecule has 0 aromatic heterocycles. The van der Waals surface area contributed by atoms with Crippen LogP contribution < -0.4 is 15.1 Å². The molecular formula is C19H27N4O3+. The first-order chi connectivity index (χ1) is 12.5. The zero-order valence-corrected chi connectivity index (χ0v) is 15.3. The van der Waals surface area contributed by atoms with Crippen LogP contribution in [0.1, 0.15) is 26.2 Å². The number of amides is 3. The van der Waals surface area contributed by atoms with Gasteiger partial charge in [0.15, 0.2) is 0 Å². The second kappa shape index (κ2) is 8.31. The van der Waals surface area contributed by atoms with Crippen molar-refractivity contribution in [3.8, 4) is 0 Å². The summed E-state index contributed by atoms with van der Waals surface area (Å²) in [6.07, 6.45) is 1.98. The molecule has 2 saturated heterocycles. The van der Waals surface area contributed by atoms with Crippen LogP contribution >= 0.6 is 0 Å². The van der Waals surface area contributed by atoms with Gasteiger partial charge in [-0.05, 0) is 30.7 Å². The van der Waals surface area contributed by atoms with Crippen LogP contribution in [-0.2, 0) is 14.4 Å². The molecule has 0 radical (unpaired) electrons. The minimum absolute atomic E-state index is 0.00324. The normalized spacial score (nSPS) is 18.3. The number of benzene rings is 1. The van der Waals surface area contributed by atoms with Crippen molar-refractivity contribution in [2.45, 2.75) is 26.2 Å². The molecule has 140 valence electrons. The van der Waals surface area contributed by atoms with Gasteiger partial charge >= 0.3 is 0 Å². The maximum atomic E-state index is 12.2. The van der Waals surface area contributed by atoms with Crippen molar-refractivity contribution in [1.82, 2.24) is 4.90 Å². The van der Waals surface area contributed by atoms with E-state index in [2.05, 4.69) is 5.32 Å². The zero-order chi connectivity index (χ0) is 18.5. The van der Waals surface area contributed by atoms with Gasteiger partial charge < -0.3 is 20.0 Å². The summed E-state index contributed by atoms with van der Waals surface area (Å²) in [5.74, 6) is 0.284. The summed E-state index contributed by atoms with van der Waals surface area (Å²) >= 11 is 0. The fraction of sp³-hybridized carbons (Fsp3) is 0.526. The lowest BCUT2D eigenvalue weighted by atomic mass is 10.2. The topological polar surface area (TPSA) is 74.2 Å². The number of piperazine rings is 1. The van der Waals surface area contributed by atoms with E-state index in [1.54, 1.807) is 11.8 Å². The second-order valence-corrected chi connectivity index (χ2v) is 7.00. The lowest BCUT2D eigenvalue weighted by Gasteiger charge is -2.31. The summed E-state index contributed by atoms with van der Waals surface area (Å²) in [7, 11) is 0. The molecule has 0 saturated carbocycles. The van der Waals surface area contributed by atoms with Crippen LogP contribution in [0.25, 0.3) is 0 Å². The molecule has 0 atom stereocenters. The molecule has 2 N–H and O–H groups in total. The summed E-state index contributed by atoms with van der Waals surface area (Å²) in [5.41, 5.74) is 1.64. The molecule has 0 aliphatic carbocycles. The van der Waals surface area contributed by atoms with E-state index in [-0.39, 0.29) is 17.7 Å². The molecule has 0 bridgehead atoms. The molecule has 26 heavy (non-hydrogen) atoms. The third kappa shape index (κ3) is 4.60. The Morgan fingerprint density at radius 3 is 2.38 bits per heavy atom. The van der Waals surface area contributed by atoms with Gasteiger partial charge in [-0.25, -0.2) is 0 Å². The number of anilines is 2. The summed E-state index contributed by atoms with van der Waals surface area (Å²) in [4.78, 5) is 40.3. The van der Waals surface area contributed by atoms with Gasteiger partial charge in [-0.2, -0.15) is 0 Å². The number of carbonyl (C=O) groups is 3. The standard InChI is InChI=1S/C19H26N4O3/c1-15(24)22-13-11-21(12-14-22)10-8-18(25)20-16-4-6-17(7-5-16)23-9-2-3-19(23)26/h4-7H,2-3,8-14H2,1H3,(H,20,25)/p+1. The van der Waals surface area contributed by atoms with Gasteiger partial charge in [0.25, 0.3) is 0 Å². The molecule has 1 aromatic rings. The highest BCUT2D eigenvalue weighted by molar-refractivity contribution is 5.96. The first-order valence-corrected chi connectivity index (χ1v) is 9.32. The highest BCUT2D eigenvalue weighted by Crippen LogP contribution is 2.22. The molecule has 2 fully saturated rings. The molecule has 7 nitrogen and oxygen atoms in total. The van der Waals surface area contributed by atoms with Crippen LogP contribution in [0.4, 0.5) is 11.4 Å². The molecule has 2 aliphatic heterocycles. The minimum atomic E-state index is -0.00324. The van der Waals surface area contributed by atoms with Gasteiger partial charge in [0.05, 0.1) is 39.1 Å². The van der Waals surface area contributed by atoms with Crippen molar-refractivity contribution < 1.29 is 19.3 Å². The molecular weight excluding hydrogens is 332 g/mol. The predicted octanol–water partition coefficient (Wildman–Crippen LogP) is -0.111. The SMILES string of the molecule is CC(=O)N1CC[NH+](CCC(=O)Nc2ccc(N3CCCC3=O)cc2)CC1. The van der Waals surface area contributed by atoms with Gasteiger partial charge in [0, 0.05) is 31.3 Å². The highest BCUT2D eigenvalue weighted by Gasteiger charge is 2.22. The third-order valence-electron chi connectivity index (χ3n) is 5.16. The van der Waals surface area contributed by atoms with E-state index in [0.29, 0.717) is 12.8 Å². The number of nitrogens with zero attached hydrogens (tertiary/aromatic N) is 2. The van der Waals surface area contributed by atoms with E-state index < -0.39 is 0 Å². The second-order valence-electron chi connectivity index (χ2n) is 7.00. The summed E-state index contributed by atoms with van der Waals surface area (Å²) in [5, 5.41) is 2.92. The third-order valence-corrected chi connectivity index (χ3v) is 5.16. The average Bonchev–Trinajstić information content (AvgIpc) is 3.07. The molecule has 0 unspecified atom stereocenters. The smallest absolute Gasteiger partial charge is 0.230 e. The predicted molar refractivity (Wildman–Crippen MR) is 99.1 cm³/mol. The van der Waals surface area contributed by atoms with Crippen LogP contribution in [0.5, 0.6) is 0 Å². The van der Waals surface area contributed by atoms with E-state index >= 15 is 0 Å². The Labute approximate surface area is 153 Å². The van der Waals surface area contributed by atoms with Crippen LogP contribution in [0.3, 0.4) is 0 Å². The number of quaternary nitrogens is 1. The Bertz CT molecular complexity index is 666. The van der Waals surface area contributed by atoms with Crippen molar-refractivity contribution in [2.75, 3.05) is 49.5 Å². The van der Waals surface area contributed by atoms with E-state index in [0.717, 1.165) is 57.1 Å². The first kappa shape index (κ1) is 18.4. The monoisotopic (exact) mass is 359 g/mol. The Kier molecular flexibility index (Phi) is 5.88. The summed E-state index contributed by atoms with van der Waals surface area (Å²) in [6, 6.07) is 7.45. The number of rotatable bonds is 5. The van der Waals surface area contributed by atoms with Gasteiger partial charge in [-0.3, -0.25) is 14.4 Å². The largest absolute Gasteiger partial charge is 0.332 e. The van der Waals surface area contributed by atoms with Gasteiger partial charge in [-0.15, -0.1) is 0 Å². The number of nitrogens with one attached hydrogen (secondary N) is 2. The van der Waals surface area contributed by atoms with Crippen molar-refractivity contribution in [3.63, 3.8) is 0 Å². The molecule has 3 amide bonds. The van der Waals surface area contributed by atoms with E-state index in [1.165, 1.54) is 4.90 Å². The number of carbonyl (C=O) groups excluding carboxylic acids is 3. The minimum Gasteiger partial charge on any atom is -0.332 e. The fourth-order valence-corrected chi connectivity index (χ4v) is 3.55.